The molecule has 0 spiro atoms. The van der Waals surface area contributed by atoms with Crippen LogP contribution in [0.4, 0.5) is 0 Å². The molecule has 5 fully saturated rings. The van der Waals surface area contributed by atoms with Gasteiger partial charge >= 0.3 is 0 Å². The van der Waals surface area contributed by atoms with Gasteiger partial charge in [-0.15, -0.1) is 0 Å². The molecule has 19 heteroatoms. The standard InChI is InChI=1S/C28H53N9O10/c29-11-3-10(4-11)7-35-8-12-1-2-13(30)24(44-12)46-22-14(31)5-15(36-26(42)28(43)6-17(28)37-27(33)34)23(21(22)41)47-25-20(40)18(32)19(39)16(9-38)45-25/h10-25,35,38-41,43H,1-9,29-32H2,(H,36,42)(H4,33,34,37)/t10?,11?,12-,13+,14-,15+,16+,17?,18-,19+,20+,21-,22?,23-,24+,25+,28?/m0/s1. The second-order valence-electron chi connectivity index (χ2n) is 13.8. The van der Waals surface area contributed by atoms with E-state index < -0.39 is 97.5 Å². The summed E-state index contributed by atoms with van der Waals surface area (Å²) in [6.07, 6.45) is -7.61. The Hall–Kier alpha value is -1.82. The first-order valence-electron chi connectivity index (χ1n) is 16.3. The Kier molecular flexibility index (Phi) is 11.6. The highest BCUT2D eigenvalue weighted by molar-refractivity contribution is 5.90. The number of hydrogen-bond acceptors (Lipinski definition) is 16. The summed E-state index contributed by atoms with van der Waals surface area (Å²) in [5, 5.41) is 59.4. The molecule has 19 nitrogen and oxygen atoms in total. The molecule has 0 aromatic carbocycles. The summed E-state index contributed by atoms with van der Waals surface area (Å²) < 4.78 is 24.0. The topological polar surface area (TPSA) is 348 Å². The van der Waals surface area contributed by atoms with E-state index in [2.05, 4.69) is 15.6 Å². The van der Waals surface area contributed by atoms with Crippen LogP contribution >= 0.6 is 0 Å². The third-order valence-corrected chi connectivity index (χ3v) is 10.0. The molecule has 1 amide bonds. The van der Waals surface area contributed by atoms with Crippen LogP contribution in [0.15, 0.2) is 4.99 Å². The van der Waals surface area contributed by atoms with E-state index in [4.69, 9.17) is 53.3 Å². The van der Waals surface area contributed by atoms with Crippen LogP contribution in [0.5, 0.6) is 0 Å². The Balaban J connectivity index is 1.28. The molecule has 3 unspecified atom stereocenters. The van der Waals surface area contributed by atoms with Crippen LogP contribution in [-0.4, -0.2) is 154 Å². The minimum Gasteiger partial charge on any atom is -0.394 e. The lowest BCUT2D eigenvalue weighted by Gasteiger charge is -2.48. The van der Waals surface area contributed by atoms with Gasteiger partial charge in [0, 0.05) is 25.0 Å². The molecule has 0 aromatic rings. The number of nitrogens with zero attached hydrogens (tertiary/aromatic N) is 1. The van der Waals surface area contributed by atoms with Gasteiger partial charge in [-0.05, 0) is 44.6 Å². The van der Waals surface area contributed by atoms with E-state index in [9.17, 15) is 30.3 Å². The van der Waals surface area contributed by atoms with Gasteiger partial charge in [0.15, 0.2) is 24.1 Å². The van der Waals surface area contributed by atoms with E-state index in [1.54, 1.807) is 0 Å². The fourth-order valence-corrected chi connectivity index (χ4v) is 6.94. The van der Waals surface area contributed by atoms with Crippen molar-refractivity contribution in [2.24, 2.45) is 45.3 Å². The molecule has 47 heavy (non-hydrogen) atoms. The molecule has 2 heterocycles. The summed E-state index contributed by atoms with van der Waals surface area (Å²) in [6.45, 7) is 0.778. The minimum absolute atomic E-state index is 0.0153. The fraction of sp³-hybridized carbons (Fsp3) is 0.929. The molecule has 0 bridgehead atoms. The molecule has 19 N–H and O–H groups in total. The number of rotatable bonds is 12. The monoisotopic (exact) mass is 675 g/mol. The van der Waals surface area contributed by atoms with Gasteiger partial charge in [0.25, 0.3) is 5.91 Å². The van der Waals surface area contributed by atoms with Gasteiger partial charge in [-0.3, -0.25) is 4.79 Å². The molecule has 3 aliphatic carbocycles. The summed E-state index contributed by atoms with van der Waals surface area (Å²) >= 11 is 0. The molecule has 5 rings (SSSR count). The number of guanidine groups is 1. The second kappa shape index (κ2) is 15.0. The Labute approximate surface area is 272 Å². The van der Waals surface area contributed by atoms with Crippen molar-refractivity contribution in [3.8, 4) is 0 Å². The first kappa shape index (κ1) is 36.5. The van der Waals surface area contributed by atoms with E-state index in [1.165, 1.54) is 0 Å². The number of carbonyl (C=O) groups excluding carboxylic acids is 1. The summed E-state index contributed by atoms with van der Waals surface area (Å²) in [6, 6.07) is -4.29. The third-order valence-electron chi connectivity index (χ3n) is 10.0. The van der Waals surface area contributed by atoms with Crippen LogP contribution in [0.1, 0.15) is 38.5 Å². The van der Waals surface area contributed by atoms with E-state index in [0.29, 0.717) is 25.3 Å². The Morgan fingerprint density at radius 3 is 2.26 bits per heavy atom. The molecular weight excluding hydrogens is 622 g/mol. The van der Waals surface area contributed by atoms with Crippen LogP contribution in [0.2, 0.25) is 0 Å². The zero-order chi connectivity index (χ0) is 34.2. The summed E-state index contributed by atoms with van der Waals surface area (Å²) in [5.41, 5.74) is 33.6. The molecule has 2 saturated heterocycles. The zero-order valence-electron chi connectivity index (χ0n) is 26.3. The highest BCUT2D eigenvalue weighted by atomic mass is 16.7. The minimum atomic E-state index is -1.90. The van der Waals surface area contributed by atoms with Crippen molar-refractivity contribution in [1.82, 2.24) is 10.6 Å². The van der Waals surface area contributed by atoms with Gasteiger partial charge in [-0.1, -0.05) is 0 Å². The highest BCUT2D eigenvalue weighted by Crippen LogP contribution is 2.40. The quantitative estimate of drug-likeness (QED) is 0.0675. The Morgan fingerprint density at radius 1 is 0.894 bits per heavy atom. The fourth-order valence-electron chi connectivity index (χ4n) is 6.94. The van der Waals surface area contributed by atoms with Gasteiger partial charge in [-0.2, -0.15) is 0 Å². The molecular formula is C28H53N9O10. The maximum atomic E-state index is 13.2. The van der Waals surface area contributed by atoms with Crippen LogP contribution in [0, 0.1) is 5.92 Å². The normalized spacial score (nSPS) is 48.3. The molecule has 0 radical (unpaired) electrons. The highest BCUT2D eigenvalue weighted by Gasteiger charge is 2.61. The van der Waals surface area contributed by atoms with Gasteiger partial charge in [0.1, 0.15) is 36.6 Å². The van der Waals surface area contributed by atoms with Gasteiger partial charge in [-0.25, -0.2) is 4.99 Å². The van der Waals surface area contributed by atoms with Gasteiger partial charge in [0.05, 0.1) is 36.9 Å². The van der Waals surface area contributed by atoms with Crippen molar-refractivity contribution in [2.75, 3.05) is 19.7 Å². The van der Waals surface area contributed by atoms with Crippen molar-refractivity contribution >= 4 is 11.9 Å². The van der Waals surface area contributed by atoms with Crippen molar-refractivity contribution in [3.05, 3.63) is 0 Å². The zero-order valence-corrected chi connectivity index (χ0v) is 26.3. The summed E-state index contributed by atoms with van der Waals surface area (Å²) in [4.78, 5) is 17.1. The van der Waals surface area contributed by atoms with Crippen molar-refractivity contribution in [3.63, 3.8) is 0 Å². The first-order valence-corrected chi connectivity index (χ1v) is 16.3. The number of aliphatic imine (C=N–C) groups is 1. The van der Waals surface area contributed by atoms with Gasteiger partial charge in [0.2, 0.25) is 0 Å². The third kappa shape index (κ3) is 8.15. The van der Waals surface area contributed by atoms with Crippen molar-refractivity contribution in [1.29, 1.82) is 0 Å². The Morgan fingerprint density at radius 2 is 1.60 bits per heavy atom. The average molecular weight is 676 g/mol. The second-order valence-corrected chi connectivity index (χ2v) is 13.8. The van der Waals surface area contributed by atoms with Crippen LogP contribution in [0.25, 0.3) is 0 Å². The number of hydrogen-bond donors (Lipinski definition) is 13. The van der Waals surface area contributed by atoms with Crippen LogP contribution in [-0.2, 0) is 23.7 Å². The lowest BCUT2D eigenvalue weighted by Crippen LogP contribution is -2.69. The molecule has 2 aliphatic heterocycles. The lowest BCUT2D eigenvalue weighted by molar-refractivity contribution is -0.314. The number of amides is 1. The molecule has 15 atom stereocenters. The van der Waals surface area contributed by atoms with Crippen molar-refractivity contribution in [2.45, 2.75) is 136 Å². The lowest BCUT2D eigenvalue weighted by atomic mass is 9.81. The first-order chi connectivity index (χ1) is 22.2. The van der Waals surface area contributed by atoms with E-state index in [-0.39, 0.29) is 30.9 Å². The average Bonchev–Trinajstić information content (AvgIpc) is 3.66. The summed E-state index contributed by atoms with van der Waals surface area (Å²) in [5.74, 6) is -0.578. The van der Waals surface area contributed by atoms with Gasteiger partial charge < -0.3 is 89.5 Å². The number of nitrogens with one attached hydrogen (secondary N) is 2. The molecule has 3 saturated carbocycles. The summed E-state index contributed by atoms with van der Waals surface area (Å²) in [7, 11) is 0. The number of carbonyl (C=O) groups is 1. The predicted octanol–water partition coefficient (Wildman–Crippen LogP) is -6.96. The number of nitrogens with two attached hydrogens (primary N) is 6. The predicted molar refractivity (Wildman–Crippen MR) is 165 cm³/mol. The molecule has 270 valence electrons. The number of aliphatic hydroxyl groups excluding tert-OH is 4. The SMILES string of the molecule is NC(N)=NC1CC1(O)C(=O)N[C@@H]1C[C@H](N)C(O[C@H]2O[C@H](CNCC3CC(N)C3)CC[C@H]2N)[C@H](O)[C@H]1O[C@H]1O[C@H](CO)[C@@H](O)[C@H](N)[C@H]1O. The maximum absolute atomic E-state index is 13.2. The maximum Gasteiger partial charge on any atom is 0.254 e. The van der Waals surface area contributed by atoms with Crippen molar-refractivity contribution < 1.29 is 49.3 Å². The smallest absolute Gasteiger partial charge is 0.254 e. The largest absolute Gasteiger partial charge is 0.394 e. The van der Waals surface area contributed by atoms with Crippen LogP contribution in [0.3, 0.4) is 0 Å². The van der Waals surface area contributed by atoms with E-state index >= 15 is 0 Å². The van der Waals surface area contributed by atoms with E-state index in [0.717, 1.165) is 19.4 Å². The molecule has 5 aliphatic rings. The Bertz CT molecular complexity index is 1100. The number of ether oxygens (including phenoxy) is 4. The molecule has 0 aromatic heterocycles. The van der Waals surface area contributed by atoms with E-state index in [1.807, 2.05) is 0 Å². The number of aliphatic hydroxyl groups is 5. The van der Waals surface area contributed by atoms with Crippen LogP contribution < -0.4 is 45.0 Å².